The van der Waals surface area contributed by atoms with Gasteiger partial charge in [0.2, 0.25) is 5.91 Å². The van der Waals surface area contributed by atoms with E-state index in [1.807, 2.05) is 6.08 Å². The monoisotopic (exact) mass is 180 g/mol. The largest absolute Gasteiger partial charge is 0.497 e. The normalized spacial score (nSPS) is 20.1. The third-order valence-corrected chi connectivity index (χ3v) is 1.79. The molecule has 0 spiro atoms. The van der Waals surface area contributed by atoms with Gasteiger partial charge in [-0.05, 0) is 18.9 Å². The summed E-state index contributed by atoms with van der Waals surface area (Å²) in [5.74, 6) is -0.236. The van der Waals surface area contributed by atoms with Crippen molar-refractivity contribution in [3.8, 4) is 6.07 Å². The molecule has 13 heavy (non-hydrogen) atoms. The summed E-state index contributed by atoms with van der Waals surface area (Å²) in [5.41, 5.74) is 0. The van der Waals surface area contributed by atoms with Crippen LogP contribution < -0.4 is 5.32 Å². The molecule has 4 nitrogen and oxygen atoms in total. The Morgan fingerprint density at radius 3 is 3.23 bits per heavy atom. The van der Waals surface area contributed by atoms with E-state index in [4.69, 9.17) is 10.00 Å². The van der Waals surface area contributed by atoms with Crippen LogP contribution in [-0.4, -0.2) is 18.6 Å². The van der Waals surface area contributed by atoms with Gasteiger partial charge in [0.1, 0.15) is 12.5 Å². The van der Waals surface area contributed by atoms with E-state index < -0.39 is 0 Å². The molecule has 1 N–H and O–H groups in total. The molecule has 70 valence electrons. The molecule has 1 heterocycles. The van der Waals surface area contributed by atoms with Crippen LogP contribution >= 0.6 is 0 Å². The Bertz CT molecular complexity index is 242. The van der Waals surface area contributed by atoms with Crippen LogP contribution in [0.15, 0.2) is 12.3 Å². The average Bonchev–Trinajstić information content (AvgIpc) is 2.17. The molecule has 4 heteroatoms. The molecule has 0 saturated heterocycles. The predicted octanol–water partition coefficient (Wildman–Crippen LogP) is 0.709. The number of hydrogen-bond acceptors (Lipinski definition) is 3. The Kier molecular flexibility index (Phi) is 3.83. The van der Waals surface area contributed by atoms with Gasteiger partial charge < -0.3 is 10.1 Å². The van der Waals surface area contributed by atoms with E-state index in [-0.39, 0.29) is 18.4 Å². The van der Waals surface area contributed by atoms with E-state index in [1.54, 1.807) is 12.3 Å². The molecule has 0 saturated carbocycles. The minimum Gasteiger partial charge on any atom is -0.497 e. The second-order valence-electron chi connectivity index (χ2n) is 2.85. The van der Waals surface area contributed by atoms with Gasteiger partial charge >= 0.3 is 0 Å². The van der Waals surface area contributed by atoms with Gasteiger partial charge in [-0.2, -0.15) is 5.26 Å². The topological polar surface area (TPSA) is 62.1 Å². The molecule has 0 fully saturated rings. The van der Waals surface area contributed by atoms with Crippen LogP contribution in [0.3, 0.4) is 0 Å². The van der Waals surface area contributed by atoms with E-state index in [0.29, 0.717) is 6.54 Å². The lowest BCUT2D eigenvalue weighted by molar-refractivity contribution is -0.120. The Labute approximate surface area is 77.2 Å². The molecule has 1 atom stereocenters. The molecular formula is C9H12N2O2. The SMILES string of the molecule is N#CCC(=O)NCC1CCC=CO1. The van der Waals surface area contributed by atoms with Gasteiger partial charge in [0, 0.05) is 0 Å². The van der Waals surface area contributed by atoms with E-state index in [9.17, 15) is 4.79 Å². The fourth-order valence-electron chi connectivity index (χ4n) is 1.10. The minimum atomic E-state index is -0.236. The van der Waals surface area contributed by atoms with E-state index >= 15 is 0 Å². The van der Waals surface area contributed by atoms with Gasteiger partial charge in [0.05, 0.1) is 18.9 Å². The van der Waals surface area contributed by atoms with Gasteiger partial charge in [-0.1, -0.05) is 0 Å². The molecule has 1 rings (SSSR count). The third kappa shape index (κ3) is 3.61. The molecule has 1 aliphatic rings. The molecule has 0 aromatic heterocycles. The maximum Gasteiger partial charge on any atom is 0.234 e. The summed E-state index contributed by atoms with van der Waals surface area (Å²) in [6, 6.07) is 1.79. The van der Waals surface area contributed by atoms with Crippen molar-refractivity contribution < 1.29 is 9.53 Å². The Hall–Kier alpha value is -1.50. The van der Waals surface area contributed by atoms with E-state index in [2.05, 4.69) is 5.32 Å². The Morgan fingerprint density at radius 1 is 1.77 bits per heavy atom. The van der Waals surface area contributed by atoms with Crippen LogP contribution in [0.25, 0.3) is 0 Å². The van der Waals surface area contributed by atoms with Crippen molar-refractivity contribution >= 4 is 5.91 Å². The summed E-state index contributed by atoms with van der Waals surface area (Å²) in [7, 11) is 0. The summed E-state index contributed by atoms with van der Waals surface area (Å²) in [5, 5.41) is 10.9. The maximum atomic E-state index is 10.9. The summed E-state index contributed by atoms with van der Waals surface area (Å²) < 4.78 is 5.23. The molecule has 1 aliphatic heterocycles. The first-order valence-electron chi connectivity index (χ1n) is 4.27. The number of carbonyl (C=O) groups is 1. The highest BCUT2D eigenvalue weighted by Crippen LogP contribution is 2.08. The fourth-order valence-corrected chi connectivity index (χ4v) is 1.10. The predicted molar refractivity (Wildman–Crippen MR) is 46.5 cm³/mol. The lowest BCUT2D eigenvalue weighted by Crippen LogP contribution is -2.33. The molecular weight excluding hydrogens is 168 g/mol. The van der Waals surface area contributed by atoms with Crippen molar-refractivity contribution in [2.75, 3.05) is 6.54 Å². The highest BCUT2D eigenvalue weighted by molar-refractivity contribution is 5.77. The van der Waals surface area contributed by atoms with Crippen LogP contribution in [0, 0.1) is 11.3 Å². The number of rotatable bonds is 3. The number of nitrogens with zero attached hydrogens (tertiary/aromatic N) is 1. The van der Waals surface area contributed by atoms with Crippen molar-refractivity contribution in [2.24, 2.45) is 0 Å². The van der Waals surface area contributed by atoms with Crippen LogP contribution in [0.4, 0.5) is 0 Å². The third-order valence-electron chi connectivity index (χ3n) is 1.79. The van der Waals surface area contributed by atoms with Crippen LogP contribution in [0.2, 0.25) is 0 Å². The number of nitriles is 1. The lowest BCUT2D eigenvalue weighted by atomic mass is 10.1. The molecule has 0 aromatic carbocycles. The van der Waals surface area contributed by atoms with Crippen molar-refractivity contribution in [2.45, 2.75) is 25.4 Å². The first kappa shape index (κ1) is 9.59. The summed E-state index contributed by atoms with van der Waals surface area (Å²) in [4.78, 5) is 10.9. The Balaban J connectivity index is 2.15. The van der Waals surface area contributed by atoms with E-state index in [1.165, 1.54) is 0 Å². The second-order valence-corrected chi connectivity index (χ2v) is 2.85. The lowest BCUT2D eigenvalue weighted by Gasteiger charge is -2.19. The van der Waals surface area contributed by atoms with Crippen molar-refractivity contribution in [1.82, 2.24) is 5.32 Å². The average molecular weight is 180 g/mol. The zero-order valence-electron chi connectivity index (χ0n) is 7.32. The zero-order valence-corrected chi connectivity index (χ0v) is 7.32. The summed E-state index contributed by atoms with van der Waals surface area (Å²) in [6.45, 7) is 0.491. The van der Waals surface area contributed by atoms with Gasteiger partial charge in [-0.25, -0.2) is 0 Å². The Morgan fingerprint density at radius 2 is 2.62 bits per heavy atom. The fraction of sp³-hybridized carbons (Fsp3) is 0.556. The van der Waals surface area contributed by atoms with Crippen LogP contribution in [0.5, 0.6) is 0 Å². The highest BCUT2D eigenvalue weighted by atomic mass is 16.5. The number of amides is 1. The first-order valence-corrected chi connectivity index (χ1v) is 4.27. The maximum absolute atomic E-state index is 10.9. The quantitative estimate of drug-likeness (QED) is 0.695. The van der Waals surface area contributed by atoms with Crippen LogP contribution in [-0.2, 0) is 9.53 Å². The zero-order chi connectivity index (χ0) is 9.52. The smallest absolute Gasteiger partial charge is 0.234 e. The molecule has 0 radical (unpaired) electrons. The molecule has 1 amide bonds. The number of carbonyl (C=O) groups excluding carboxylic acids is 1. The van der Waals surface area contributed by atoms with Crippen molar-refractivity contribution in [1.29, 1.82) is 5.26 Å². The van der Waals surface area contributed by atoms with Crippen molar-refractivity contribution in [3.05, 3.63) is 12.3 Å². The van der Waals surface area contributed by atoms with E-state index in [0.717, 1.165) is 12.8 Å². The standard InChI is InChI=1S/C9H12N2O2/c10-5-4-9(12)11-7-8-3-1-2-6-13-8/h2,6,8H,1,3-4,7H2,(H,11,12). The van der Waals surface area contributed by atoms with Crippen LogP contribution in [0.1, 0.15) is 19.3 Å². The van der Waals surface area contributed by atoms with Gasteiger partial charge in [0.15, 0.2) is 0 Å². The van der Waals surface area contributed by atoms with Gasteiger partial charge in [-0.15, -0.1) is 0 Å². The molecule has 0 aromatic rings. The van der Waals surface area contributed by atoms with Gasteiger partial charge in [-0.3, -0.25) is 4.79 Å². The second kappa shape index (κ2) is 5.20. The summed E-state index contributed by atoms with van der Waals surface area (Å²) in [6.07, 6.45) is 5.50. The number of nitrogens with one attached hydrogen (secondary N) is 1. The summed E-state index contributed by atoms with van der Waals surface area (Å²) >= 11 is 0. The molecule has 0 bridgehead atoms. The highest BCUT2D eigenvalue weighted by Gasteiger charge is 2.11. The first-order chi connectivity index (χ1) is 6.33. The number of ether oxygens (including phenoxy) is 1. The minimum absolute atomic E-state index is 0.0626. The number of allylic oxidation sites excluding steroid dienone is 1. The van der Waals surface area contributed by atoms with Gasteiger partial charge in [0.25, 0.3) is 0 Å². The number of hydrogen-bond donors (Lipinski definition) is 1. The van der Waals surface area contributed by atoms with Crippen molar-refractivity contribution in [3.63, 3.8) is 0 Å². The molecule has 1 unspecified atom stereocenters. The molecule has 0 aliphatic carbocycles.